The standard InChI is InChI=1S/C17H27ClN4O2.HI/c1-14(24-16-5-3-15(18)4-6-16)13-21-17(19)20-7-2-8-22-9-11-23-12-10-22;/h3-6,14H,2,7-13H2,1H3,(H3,19,20,21);1H. The average Bonchev–Trinajstić information content (AvgIpc) is 2.60. The lowest BCUT2D eigenvalue weighted by Gasteiger charge is -2.26. The van der Waals surface area contributed by atoms with Crippen LogP contribution in [0.15, 0.2) is 29.3 Å². The maximum absolute atomic E-state index is 5.89. The molecule has 1 aliphatic rings. The van der Waals surface area contributed by atoms with E-state index in [2.05, 4.69) is 15.2 Å². The predicted molar refractivity (Wildman–Crippen MR) is 113 cm³/mol. The van der Waals surface area contributed by atoms with Crippen molar-refractivity contribution in [2.75, 3.05) is 45.9 Å². The van der Waals surface area contributed by atoms with Crippen molar-refractivity contribution < 1.29 is 9.47 Å². The molecule has 1 atom stereocenters. The van der Waals surface area contributed by atoms with Crippen LogP contribution in [0.3, 0.4) is 0 Å². The Morgan fingerprint density at radius 2 is 2.04 bits per heavy atom. The second-order valence-corrected chi connectivity index (χ2v) is 6.28. The molecule has 0 radical (unpaired) electrons. The Morgan fingerprint density at radius 3 is 2.72 bits per heavy atom. The van der Waals surface area contributed by atoms with Crippen LogP contribution in [-0.4, -0.2) is 62.9 Å². The summed E-state index contributed by atoms with van der Waals surface area (Å²) in [7, 11) is 0. The zero-order chi connectivity index (χ0) is 17.2. The van der Waals surface area contributed by atoms with Gasteiger partial charge in [0.2, 0.25) is 0 Å². The number of benzene rings is 1. The van der Waals surface area contributed by atoms with Crippen molar-refractivity contribution in [2.24, 2.45) is 10.7 Å². The molecule has 1 unspecified atom stereocenters. The quantitative estimate of drug-likeness (QED) is 0.258. The number of halogens is 2. The third kappa shape index (κ3) is 9.48. The molecule has 25 heavy (non-hydrogen) atoms. The van der Waals surface area contributed by atoms with Crippen molar-refractivity contribution >= 4 is 41.5 Å². The van der Waals surface area contributed by atoms with Crippen LogP contribution in [0.2, 0.25) is 5.02 Å². The van der Waals surface area contributed by atoms with Gasteiger partial charge in [-0.15, -0.1) is 24.0 Å². The number of guanidine groups is 1. The van der Waals surface area contributed by atoms with Crippen molar-refractivity contribution in [1.82, 2.24) is 10.2 Å². The van der Waals surface area contributed by atoms with Crippen LogP contribution in [0.5, 0.6) is 5.75 Å². The number of nitrogens with two attached hydrogens (primary N) is 1. The molecule has 142 valence electrons. The molecule has 0 amide bonds. The fourth-order valence-electron chi connectivity index (χ4n) is 2.41. The first-order chi connectivity index (χ1) is 11.6. The number of nitrogens with zero attached hydrogens (tertiary/aromatic N) is 2. The number of nitrogens with one attached hydrogen (secondary N) is 1. The first-order valence-electron chi connectivity index (χ1n) is 8.39. The van der Waals surface area contributed by atoms with Crippen molar-refractivity contribution in [3.8, 4) is 5.75 Å². The molecule has 0 aromatic heterocycles. The summed E-state index contributed by atoms with van der Waals surface area (Å²) < 4.78 is 11.1. The largest absolute Gasteiger partial charge is 0.489 e. The van der Waals surface area contributed by atoms with Crippen LogP contribution in [0.1, 0.15) is 13.3 Å². The summed E-state index contributed by atoms with van der Waals surface area (Å²) in [5, 5.41) is 3.84. The minimum atomic E-state index is -0.0557. The van der Waals surface area contributed by atoms with Crippen LogP contribution in [-0.2, 0) is 4.74 Å². The summed E-state index contributed by atoms with van der Waals surface area (Å²) in [6.45, 7) is 8.05. The number of rotatable bonds is 8. The zero-order valence-corrected chi connectivity index (χ0v) is 17.7. The van der Waals surface area contributed by atoms with Gasteiger partial charge in [0, 0.05) is 24.7 Å². The van der Waals surface area contributed by atoms with E-state index in [1.807, 2.05) is 19.1 Å². The van der Waals surface area contributed by atoms with E-state index >= 15 is 0 Å². The number of hydrogen-bond donors (Lipinski definition) is 2. The first kappa shape index (κ1) is 22.3. The van der Waals surface area contributed by atoms with E-state index in [0.29, 0.717) is 17.5 Å². The lowest BCUT2D eigenvalue weighted by Crippen LogP contribution is -2.39. The maximum atomic E-state index is 5.89. The molecule has 1 heterocycles. The van der Waals surface area contributed by atoms with E-state index in [9.17, 15) is 0 Å². The van der Waals surface area contributed by atoms with Crippen molar-refractivity contribution in [1.29, 1.82) is 0 Å². The lowest BCUT2D eigenvalue weighted by atomic mass is 10.3. The SMILES string of the molecule is CC(CN=C(N)NCCCN1CCOCC1)Oc1ccc(Cl)cc1.I. The molecule has 1 aromatic rings. The van der Waals surface area contributed by atoms with Gasteiger partial charge in [-0.2, -0.15) is 0 Å². The average molecular weight is 483 g/mol. The van der Waals surface area contributed by atoms with E-state index in [-0.39, 0.29) is 30.1 Å². The summed E-state index contributed by atoms with van der Waals surface area (Å²) in [6.07, 6.45) is 0.979. The molecular formula is C17H28ClIN4O2. The molecule has 6 nitrogen and oxygen atoms in total. The van der Waals surface area contributed by atoms with E-state index in [0.717, 1.165) is 51.6 Å². The van der Waals surface area contributed by atoms with E-state index in [1.54, 1.807) is 12.1 Å². The van der Waals surface area contributed by atoms with E-state index < -0.39 is 0 Å². The van der Waals surface area contributed by atoms with Crippen LogP contribution < -0.4 is 15.8 Å². The molecule has 1 aliphatic heterocycles. The van der Waals surface area contributed by atoms with Gasteiger partial charge in [-0.25, -0.2) is 4.99 Å². The summed E-state index contributed by atoms with van der Waals surface area (Å²) >= 11 is 5.85. The fourth-order valence-corrected chi connectivity index (χ4v) is 2.54. The summed E-state index contributed by atoms with van der Waals surface area (Å²) in [5.41, 5.74) is 5.89. The smallest absolute Gasteiger partial charge is 0.188 e. The molecule has 0 saturated carbocycles. The normalized spacial score (nSPS) is 16.8. The molecule has 0 bridgehead atoms. The number of aliphatic imine (C=N–C) groups is 1. The summed E-state index contributed by atoms with van der Waals surface area (Å²) in [6, 6.07) is 7.29. The van der Waals surface area contributed by atoms with Gasteiger partial charge in [0.1, 0.15) is 11.9 Å². The number of ether oxygens (including phenoxy) is 2. The third-order valence-electron chi connectivity index (χ3n) is 3.73. The molecule has 1 aromatic carbocycles. The molecular weight excluding hydrogens is 455 g/mol. The Labute approximate surface area is 172 Å². The Balaban J connectivity index is 0.00000312. The highest BCUT2D eigenvalue weighted by molar-refractivity contribution is 14.0. The van der Waals surface area contributed by atoms with Gasteiger partial charge in [0.05, 0.1) is 19.8 Å². The Kier molecular flexibility index (Phi) is 11.2. The van der Waals surface area contributed by atoms with Gasteiger partial charge in [-0.1, -0.05) is 11.6 Å². The highest BCUT2D eigenvalue weighted by Crippen LogP contribution is 2.16. The molecule has 1 fully saturated rings. The van der Waals surface area contributed by atoms with Crippen molar-refractivity contribution in [3.05, 3.63) is 29.3 Å². The van der Waals surface area contributed by atoms with Crippen LogP contribution in [0.4, 0.5) is 0 Å². The molecule has 0 spiro atoms. The topological polar surface area (TPSA) is 72.1 Å². The third-order valence-corrected chi connectivity index (χ3v) is 3.98. The summed E-state index contributed by atoms with van der Waals surface area (Å²) in [4.78, 5) is 6.72. The summed E-state index contributed by atoms with van der Waals surface area (Å²) in [5.74, 6) is 1.24. The number of hydrogen-bond acceptors (Lipinski definition) is 4. The van der Waals surface area contributed by atoms with Crippen LogP contribution >= 0.6 is 35.6 Å². The van der Waals surface area contributed by atoms with Gasteiger partial charge in [-0.3, -0.25) is 4.90 Å². The van der Waals surface area contributed by atoms with Crippen LogP contribution in [0.25, 0.3) is 0 Å². The minimum absolute atomic E-state index is 0. The van der Waals surface area contributed by atoms with Gasteiger partial charge in [0.15, 0.2) is 5.96 Å². The fraction of sp³-hybridized carbons (Fsp3) is 0.588. The minimum Gasteiger partial charge on any atom is -0.489 e. The highest BCUT2D eigenvalue weighted by Gasteiger charge is 2.09. The Hall–Kier alpha value is -0.770. The lowest BCUT2D eigenvalue weighted by molar-refractivity contribution is 0.0376. The monoisotopic (exact) mass is 482 g/mol. The predicted octanol–water partition coefficient (Wildman–Crippen LogP) is 2.35. The van der Waals surface area contributed by atoms with Gasteiger partial charge in [0.25, 0.3) is 0 Å². The van der Waals surface area contributed by atoms with Gasteiger partial charge in [-0.05, 0) is 44.2 Å². The second-order valence-electron chi connectivity index (χ2n) is 5.84. The zero-order valence-electron chi connectivity index (χ0n) is 14.6. The molecule has 8 heteroatoms. The molecule has 2 rings (SSSR count). The van der Waals surface area contributed by atoms with Gasteiger partial charge >= 0.3 is 0 Å². The molecule has 3 N–H and O–H groups in total. The number of morpholine rings is 1. The molecule has 0 aliphatic carbocycles. The van der Waals surface area contributed by atoms with E-state index in [1.165, 1.54) is 0 Å². The highest BCUT2D eigenvalue weighted by atomic mass is 127. The first-order valence-corrected chi connectivity index (χ1v) is 8.77. The Morgan fingerprint density at radius 1 is 1.36 bits per heavy atom. The van der Waals surface area contributed by atoms with Crippen LogP contribution in [0, 0.1) is 0 Å². The Bertz CT molecular complexity index is 510. The maximum Gasteiger partial charge on any atom is 0.188 e. The molecule has 1 saturated heterocycles. The van der Waals surface area contributed by atoms with Crippen molar-refractivity contribution in [2.45, 2.75) is 19.4 Å². The van der Waals surface area contributed by atoms with E-state index in [4.69, 9.17) is 26.8 Å². The van der Waals surface area contributed by atoms with Gasteiger partial charge < -0.3 is 20.5 Å². The second kappa shape index (κ2) is 12.6. The van der Waals surface area contributed by atoms with Crippen molar-refractivity contribution in [3.63, 3.8) is 0 Å².